The van der Waals surface area contributed by atoms with E-state index in [0.29, 0.717) is 17.7 Å². The Kier molecular flexibility index (Phi) is 13.6. The smallest absolute Gasteiger partial charge is 0.326 e. The van der Waals surface area contributed by atoms with E-state index < -0.39 is 53.8 Å². The van der Waals surface area contributed by atoms with Crippen LogP contribution in [-0.2, 0) is 36.8 Å². The van der Waals surface area contributed by atoms with Crippen LogP contribution in [0.5, 0.6) is 5.75 Å². The van der Waals surface area contributed by atoms with Crippen molar-refractivity contribution in [1.82, 2.24) is 16.0 Å². The number of hydrogen-bond donors (Lipinski definition) is 7. The maximum atomic E-state index is 13.5. The number of rotatable bonds is 17. The number of carboxylic acid groups (broad SMARTS) is 1. The first-order valence-corrected chi connectivity index (χ1v) is 14.4. The van der Waals surface area contributed by atoms with Crippen LogP contribution in [0, 0.1) is 0 Å². The first kappa shape index (κ1) is 33.1. The summed E-state index contributed by atoms with van der Waals surface area (Å²) in [6, 6.07) is 10.3. The molecule has 4 atom stereocenters. The molecule has 0 radical (unpaired) electrons. The third-order valence-electron chi connectivity index (χ3n) is 6.19. The van der Waals surface area contributed by atoms with E-state index in [1.54, 1.807) is 36.4 Å². The highest BCUT2D eigenvalue weighted by molar-refractivity contribution is 7.98. The summed E-state index contributed by atoms with van der Waals surface area (Å²) in [7, 11) is 0. The molecular formula is C28H37N5O7S. The quantitative estimate of drug-likeness (QED) is 0.133. The summed E-state index contributed by atoms with van der Waals surface area (Å²) in [5.41, 5.74) is 12.5. The van der Waals surface area contributed by atoms with E-state index in [1.165, 1.54) is 23.9 Å². The molecule has 222 valence electrons. The van der Waals surface area contributed by atoms with Crippen LogP contribution >= 0.6 is 11.8 Å². The zero-order valence-corrected chi connectivity index (χ0v) is 23.6. The number of primary amides is 1. The molecule has 0 fully saturated rings. The highest BCUT2D eigenvalue weighted by Gasteiger charge is 2.31. The van der Waals surface area contributed by atoms with Gasteiger partial charge in [0.2, 0.25) is 23.6 Å². The molecule has 9 N–H and O–H groups in total. The minimum Gasteiger partial charge on any atom is -0.508 e. The maximum absolute atomic E-state index is 13.5. The van der Waals surface area contributed by atoms with Gasteiger partial charge in [-0.2, -0.15) is 11.8 Å². The molecule has 0 spiro atoms. The fraction of sp³-hybridized carbons (Fsp3) is 0.393. The summed E-state index contributed by atoms with van der Waals surface area (Å²) in [5, 5.41) is 26.8. The van der Waals surface area contributed by atoms with Crippen molar-refractivity contribution in [2.45, 2.75) is 56.3 Å². The van der Waals surface area contributed by atoms with Gasteiger partial charge in [0.1, 0.15) is 23.9 Å². The molecule has 0 aliphatic heterocycles. The molecule has 4 unspecified atom stereocenters. The van der Waals surface area contributed by atoms with Crippen molar-refractivity contribution in [3.63, 3.8) is 0 Å². The minimum absolute atomic E-state index is 0.000343. The number of thioether (sulfide) groups is 1. The first-order chi connectivity index (χ1) is 19.5. The molecule has 4 amide bonds. The monoisotopic (exact) mass is 587 g/mol. The van der Waals surface area contributed by atoms with Gasteiger partial charge >= 0.3 is 5.97 Å². The number of hydrogen-bond acceptors (Lipinski definition) is 8. The lowest BCUT2D eigenvalue weighted by molar-refractivity contribution is -0.142. The largest absolute Gasteiger partial charge is 0.508 e. The normalized spacial score (nSPS) is 13.7. The maximum Gasteiger partial charge on any atom is 0.326 e. The Bertz CT molecular complexity index is 1180. The van der Waals surface area contributed by atoms with E-state index in [9.17, 15) is 34.2 Å². The molecule has 2 aromatic carbocycles. The first-order valence-electron chi connectivity index (χ1n) is 13.0. The van der Waals surface area contributed by atoms with E-state index in [4.69, 9.17) is 11.5 Å². The average molecular weight is 588 g/mol. The van der Waals surface area contributed by atoms with Crippen molar-refractivity contribution < 1.29 is 34.2 Å². The zero-order valence-electron chi connectivity index (χ0n) is 22.7. The van der Waals surface area contributed by atoms with Gasteiger partial charge in [-0.25, -0.2) is 4.79 Å². The lowest BCUT2D eigenvalue weighted by Crippen LogP contribution is -2.58. The molecule has 0 aromatic heterocycles. The van der Waals surface area contributed by atoms with Gasteiger partial charge in [0.15, 0.2) is 0 Å². The molecule has 0 saturated carbocycles. The molecule has 0 bridgehead atoms. The Morgan fingerprint density at radius 2 is 1.29 bits per heavy atom. The van der Waals surface area contributed by atoms with Gasteiger partial charge in [0.05, 0.1) is 6.04 Å². The number of carbonyl (C=O) groups is 5. The molecule has 2 aromatic rings. The third-order valence-corrected chi connectivity index (χ3v) is 6.83. The summed E-state index contributed by atoms with van der Waals surface area (Å²) >= 11 is 1.53. The Hall–Kier alpha value is -4.10. The fourth-order valence-corrected chi connectivity index (χ4v) is 4.37. The second kappa shape index (κ2) is 16.9. The number of aliphatic carboxylic acids is 1. The average Bonchev–Trinajstić information content (AvgIpc) is 2.94. The number of nitrogens with two attached hydrogens (primary N) is 2. The van der Waals surface area contributed by atoms with Gasteiger partial charge in [-0.1, -0.05) is 42.5 Å². The summed E-state index contributed by atoms with van der Waals surface area (Å²) in [5.74, 6) is -3.46. The van der Waals surface area contributed by atoms with Gasteiger partial charge in [0.25, 0.3) is 0 Å². The third kappa shape index (κ3) is 11.9. The van der Waals surface area contributed by atoms with Crippen molar-refractivity contribution in [1.29, 1.82) is 0 Å². The van der Waals surface area contributed by atoms with Crippen molar-refractivity contribution >= 4 is 41.4 Å². The molecule has 0 aliphatic rings. The molecule has 41 heavy (non-hydrogen) atoms. The number of aromatic hydroxyl groups is 1. The summed E-state index contributed by atoms with van der Waals surface area (Å²) in [6.45, 7) is 0. The van der Waals surface area contributed by atoms with E-state index in [1.807, 2.05) is 12.3 Å². The lowest BCUT2D eigenvalue weighted by atomic mass is 10.0. The van der Waals surface area contributed by atoms with Gasteiger partial charge in [-0.3, -0.25) is 19.2 Å². The predicted octanol–water partition coefficient (Wildman–Crippen LogP) is 0.0623. The van der Waals surface area contributed by atoms with Gasteiger partial charge in [-0.15, -0.1) is 0 Å². The minimum atomic E-state index is -1.43. The summed E-state index contributed by atoms with van der Waals surface area (Å²) < 4.78 is 0. The van der Waals surface area contributed by atoms with Gasteiger partial charge < -0.3 is 37.6 Å². The van der Waals surface area contributed by atoms with E-state index in [-0.39, 0.29) is 31.4 Å². The molecule has 0 heterocycles. The highest BCUT2D eigenvalue weighted by Crippen LogP contribution is 2.13. The number of nitrogens with one attached hydrogen (secondary N) is 3. The van der Waals surface area contributed by atoms with Crippen molar-refractivity contribution in [2.24, 2.45) is 11.5 Å². The van der Waals surface area contributed by atoms with Crippen LogP contribution in [-0.4, -0.2) is 76.0 Å². The molecule has 13 heteroatoms. The zero-order chi connectivity index (χ0) is 30.4. The van der Waals surface area contributed by atoms with Gasteiger partial charge in [-0.05, 0) is 48.1 Å². The number of amides is 4. The Labute approximate surface area is 242 Å². The molecule has 0 saturated heterocycles. The predicted molar refractivity (Wildman–Crippen MR) is 155 cm³/mol. The number of phenolic OH excluding ortho intramolecular Hbond substituents is 1. The second-order valence-corrected chi connectivity index (χ2v) is 10.5. The number of carbonyl (C=O) groups excluding carboxylic acids is 4. The standard InChI is InChI=1S/C28H37N5O7S/c1-41-14-13-20(29)25(36)32-22(15-17-5-3-2-4-6-17)27(38)33-23(16-18-7-9-19(34)10-8-18)26(37)31-21(28(39)40)11-12-24(30)35/h2-10,20-23,34H,11-16,29H2,1H3,(H2,30,35)(H,31,37)(H,32,36)(H,33,38)(H,39,40). The van der Waals surface area contributed by atoms with Crippen LogP contribution < -0.4 is 27.4 Å². The van der Waals surface area contributed by atoms with Crippen molar-refractivity contribution in [2.75, 3.05) is 12.0 Å². The topological polar surface area (TPSA) is 214 Å². The fourth-order valence-electron chi connectivity index (χ4n) is 3.88. The Morgan fingerprint density at radius 3 is 1.80 bits per heavy atom. The van der Waals surface area contributed by atoms with Crippen LogP contribution in [0.25, 0.3) is 0 Å². The van der Waals surface area contributed by atoms with Crippen LogP contribution in [0.2, 0.25) is 0 Å². The van der Waals surface area contributed by atoms with E-state index in [2.05, 4.69) is 16.0 Å². The van der Waals surface area contributed by atoms with Crippen LogP contribution in [0.4, 0.5) is 0 Å². The van der Waals surface area contributed by atoms with E-state index >= 15 is 0 Å². The molecular weight excluding hydrogens is 550 g/mol. The van der Waals surface area contributed by atoms with Crippen molar-refractivity contribution in [3.8, 4) is 5.75 Å². The van der Waals surface area contributed by atoms with E-state index in [0.717, 1.165) is 5.56 Å². The number of phenols is 1. The second-order valence-electron chi connectivity index (χ2n) is 9.48. The highest BCUT2D eigenvalue weighted by atomic mass is 32.2. The van der Waals surface area contributed by atoms with Crippen LogP contribution in [0.1, 0.15) is 30.4 Å². The Morgan fingerprint density at radius 1 is 0.780 bits per heavy atom. The number of carboxylic acids is 1. The van der Waals surface area contributed by atoms with Gasteiger partial charge in [0, 0.05) is 19.3 Å². The number of benzene rings is 2. The molecule has 2 rings (SSSR count). The lowest BCUT2D eigenvalue weighted by Gasteiger charge is -2.25. The van der Waals surface area contributed by atoms with Crippen LogP contribution in [0.15, 0.2) is 54.6 Å². The summed E-state index contributed by atoms with van der Waals surface area (Å²) in [6.07, 6.45) is 1.83. The van der Waals surface area contributed by atoms with Crippen molar-refractivity contribution in [3.05, 3.63) is 65.7 Å². The molecule has 12 nitrogen and oxygen atoms in total. The summed E-state index contributed by atoms with van der Waals surface area (Å²) in [4.78, 5) is 62.5. The SMILES string of the molecule is CSCCC(N)C(=O)NC(Cc1ccccc1)C(=O)NC(Cc1ccc(O)cc1)C(=O)NC(CCC(N)=O)C(=O)O. The Balaban J connectivity index is 2.30. The van der Waals surface area contributed by atoms with Crippen LogP contribution in [0.3, 0.4) is 0 Å². The molecule has 0 aliphatic carbocycles.